The predicted octanol–water partition coefficient (Wildman–Crippen LogP) is 2.95. The summed E-state index contributed by atoms with van der Waals surface area (Å²) in [5, 5.41) is 3.21. The molecule has 1 aromatic carbocycles. The minimum absolute atomic E-state index is 0. The van der Waals surface area contributed by atoms with Crippen molar-refractivity contribution < 1.29 is 18.0 Å². The number of nitrogens with zero attached hydrogens (tertiary/aromatic N) is 1. The fraction of sp³-hybridized carbons (Fsp3) is 0.500. The Labute approximate surface area is 127 Å². The standard InChI is InChI=1S/C14H17F3N2O.ClH/c1-19(12-6-8-18-9-7-12)13(20)10-2-4-11(5-3-10)14(15,16)17;/h2-5,12,18H,6-9H2,1H3;1H. The summed E-state index contributed by atoms with van der Waals surface area (Å²) in [6.45, 7) is 1.71. The van der Waals surface area contributed by atoms with Crippen LogP contribution < -0.4 is 5.32 Å². The number of carbonyl (C=O) groups is 1. The first-order valence-corrected chi connectivity index (χ1v) is 6.55. The largest absolute Gasteiger partial charge is 0.416 e. The van der Waals surface area contributed by atoms with Gasteiger partial charge in [-0.25, -0.2) is 0 Å². The quantitative estimate of drug-likeness (QED) is 0.908. The van der Waals surface area contributed by atoms with Gasteiger partial charge in [-0.2, -0.15) is 13.2 Å². The van der Waals surface area contributed by atoms with E-state index in [1.165, 1.54) is 12.1 Å². The van der Waals surface area contributed by atoms with Crippen LogP contribution in [-0.4, -0.2) is 37.0 Å². The lowest BCUT2D eigenvalue weighted by atomic mass is 10.0. The number of benzene rings is 1. The van der Waals surface area contributed by atoms with Crippen molar-refractivity contribution in [2.75, 3.05) is 20.1 Å². The fourth-order valence-corrected chi connectivity index (χ4v) is 2.37. The molecule has 0 aliphatic carbocycles. The molecule has 1 fully saturated rings. The molecular weight excluding hydrogens is 305 g/mol. The first-order valence-electron chi connectivity index (χ1n) is 6.55. The Hall–Kier alpha value is -1.27. The van der Waals surface area contributed by atoms with Crippen molar-refractivity contribution in [2.45, 2.75) is 25.1 Å². The number of hydrogen-bond acceptors (Lipinski definition) is 2. The van der Waals surface area contributed by atoms with Crippen molar-refractivity contribution >= 4 is 18.3 Å². The zero-order valence-corrected chi connectivity index (χ0v) is 12.4. The van der Waals surface area contributed by atoms with E-state index in [0.29, 0.717) is 5.56 Å². The van der Waals surface area contributed by atoms with E-state index >= 15 is 0 Å². The van der Waals surface area contributed by atoms with Gasteiger partial charge < -0.3 is 10.2 Å². The third-order valence-corrected chi connectivity index (χ3v) is 3.64. The molecule has 0 unspecified atom stereocenters. The highest BCUT2D eigenvalue weighted by Crippen LogP contribution is 2.29. The Morgan fingerprint density at radius 3 is 2.19 bits per heavy atom. The molecule has 0 saturated carbocycles. The molecule has 0 atom stereocenters. The first kappa shape index (κ1) is 17.8. The van der Waals surface area contributed by atoms with Crippen LogP contribution in [0.25, 0.3) is 0 Å². The maximum atomic E-state index is 12.5. The highest BCUT2D eigenvalue weighted by molar-refractivity contribution is 5.94. The molecule has 0 radical (unpaired) electrons. The van der Waals surface area contributed by atoms with Crippen LogP contribution in [0.15, 0.2) is 24.3 Å². The summed E-state index contributed by atoms with van der Waals surface area (Å²) in [6, 6.07) is 4.52. The van der Waals surface area contributed by atoms with Gasteiger partial charge in [0.1, 0.15) is 0 Å². The zero-order chi connectivity index (χ0) is 14.8. The van der Waals surface area contributed by atoms with Crippen LogP contribution >= 0.6 is 12.4 Å². The summed E-state index contributed by atoms with van der Waals surface area (Å²) in [5.41, 5.74) is -0.447. The monoisotopic (exact) mass is 322 g/mol. The van der Waals surface area contributed by atoms with Gasteiger partial charge in [0.25, 0.3) is 5.91 Å². The SMILES string of the molecule is CN(C(=O)c1ccc(C(F)(F)F)cc1)C1CCNCC1.Cl. The van der Waals surface area contributed by atoms with Gasteiger partial charge in [-0.1, -0.05) is 0 Å². The Morgan fingerprint density at radius 1 is 1.19 bits per heavy atom. The Kier molecular flexibility index (Phi) is 6.04. The smallest absolute Gasteiger partial charge is 0.339 e. The molecule has 1 amide bonds. The molecule has 7 heteroatoms. The summed E-state index contributed by atoms with van der Waals surface area (Å²) in [7, 11) is 1.70. The molecule has 118 valence electrons. The summed E-state index contributed by atoms with van der Waals surface area (Å²) in [4.78, 5) is 13.9. The van der Waals surface area contributed by atoms with Crippen LogP contribution in [0.3, 0.4) is 0 Å². The molecule has 1 aliphatic rings. The van der Waals surface area contributed by atoms with Crippen molar-refractivity contribution in [3.63, 3.8) is 0 Å². The maximum absolute atomic E-state index is 12.5. The molecule has 1 aromatic rings. The number of halogens is 4. The van der Waals surface area contributed by atoms with Crippen LogP contribution in [0.4, 0.5) is 13.2 Å². The first-order chi connectivity index (χ1) is 9.39. The van der Waals surface area contributed by atoms with E-state index in [0.717, 1.165) is 38.1 Å². The summed E-state index contributed by atoms with van der Waals surface area (Å²) in [6.07, 6.45) is -2.64. The van der Waals surface area contributed by atoms with Crippen LogP contribution in [0.2, 0.25) is 0 Å². The minimum Gasteiger partial charge on any atom is -0.339 e. The molecule has 1 N–H and O–H groups in total. The Balaban J connectivity index is 0.00000220. The van der Waals surface area contributed by atoms with Gasteiger partial charge in [0.15, 0.2) is 0 Å². The van der Waals surface area contributed by atoms with Gasteiger partial charge in [-0.15, -0.1) is 12.4 Å². The van der Waals surface area contributed by atoms with E-state index in [2.05, 4.69) is 5.32 Å². The molecule has 0 aromatic heterocycles. The summed E-state index contributed by atoms with van der Waals surface area (Å²) in [5.74, 6) is -0.231. The van der Waals surface area contributed by atoms with Crippen LogP contribution in [-0.2, 0) is 6.18 Å². The zero-order valence-electron chi connectivity index (χ0n) is 11.6. The van der Waals surface area contributed by atoms with E-state index in [-0.39, 0.29) is 24.4 Å². The number of carbonyl (C=O) groups excluding carboxylic acids is 1. The number of amides is 1. The Morgan fingerprint density at radius 2 is 1.71 bits per heavy atom. The van der Waals surface area contributed by atoms with Crippen molar-refractivity contribution in [1.82, 2.24) is 10.2 Å². The molecule has 0 spiro atoms. The van der Waals surface area contributed by atoms with Crippen LogP contribution in [0.1, 0.15) is 28.8 Å². The second-order valence-electron chi connectivity index (χ2n) is 4.97. The lowest BCUT2D eigenvalue weighted by Crippen LogP contribution is -2.43. The van der Waals surface area contributed by atoms with Crippen molar-refractivity contribution in [2.24, 2.45) is 0 Å². The molecule has 21 heavy (non-hydrogen) atoms. The molecule has 2 rings (SSSR count). The van der Waals surface area contributed by atoms with E-state index in [9.17, 15) is 18.0 Å². The molecule has 1 saturated heterocycles. The number of hydrogen-bond donors (Lipinski definition) is 1. The van der Waals surface area contributed by atoms with Gasteiger partial charge in [-0.05, 0) is 50.2 Å². The van der Waals surface area contributed by atoms with E-state index in [1.807, 2.05) is 0 Å². The van der Waals surface area contributed by atoms with Crippen molar-refractivity contribution in [1.29, 1.82) is 0 Å². The van der Waals surface area contributed by atoms with E-state index in [1.54, 1.807) is 11.9 Å². The number of piperidine rings is 1. The lowest BCUT2D eigenvalue weighted by Gasteiger charge is -2.31. The van der Waals surface area contributed by atoms with Crippen LogP contribution in [0, 0.1) is 0 Å². The topological polar surface area (TPSA) is 32.3 Å². The van der Waals surface area contributed by atoms with Crippen molar-refractivity contribution in [3.8, 4) is 0 Å². The molecular formula is C14H18ClF3N2O. The average Bonchev–Trinajstić information content (AvgIpc) is 2.46. The van der Waals surface area contributed by atoms with E-state index in [4.69, 9.17) is 0 Å². The van der Waals surface area contributed by atoms with Crippen LogP contribution in [0.5, 0.6) is 0 Å². The van der Waals surface area contributed by atoms with Crippen molar-refractivity contribution in [3.05, 3.63) is 35.4 Å². The predicted molar refractivity (Wildman–Crippen MR) is 76.7 cm³/mol. The number of nitrogens with one attached hydrogen (secondary N) is 1. The second kappa shape index (κ2) is 7.13. The summed E-state index contributed by atoms with van der Waals surface area (Å²) >= 11 is 0. The highest BCUT2D eigenvalue weighted by atomic mass is 35.5. The van der Waals surface area contributed by atoms with Gasteiger partial charge in [-0.3, -0.25) is 4.79 Å². The number of rotatable bonds is 2. The van der Waals surface area contributed by atoms with Gasteiger partial charge in [0.05, 0.1) is 5.56 Å². The maximum Gasteiger partial charge on any atom is 0.416 e. The summed E-state index contributed by atoms with van der Waals surface area (Å²) < 4.78 is 37.4. The highest BCUT2D eigenvalue weighted by Gasteiger charge is 2.30. The second-order valence-corrected chi connectivity index (χ2v) is 4.97. The molecule has 0 bridgehead atoms. The van der Waals surface area contributed by atoms with Gasteiger partial charge >= 0.3 is 6.18 Å². The minimum atomic E-state index is -4.37. The average molecular weight is 323 g/mol. The Bertz CT molecular complexity index is 470. The molecule has 1 heterocycles. The third kappa shape index (κ3) is 4.35. The van der Waals surface area contributed by atoms with Gasteiger partial charge in [0.2, 0.25) is 0 Å². The lowest BCUT2D eigenvalue weighted by molar-refractivity contribution is -0.137. The fourth-order valence-electron chi connectivity index (χ4n) is 2.37. The third-order valence-electron chi connectivity index (χ3n) is 3.64. The normalized spacial score (nSPS) is 16.2. The van der Waals surface area contributed by atoms with E-state index < -0.39 is 11.7 Å². The molecule has 1 aliphatic heterocycles. The number of alkyl halides is 3. The molecule has 3 nitrogen and oxygen atoms in total. The van der Waals surface area contributed by atoms with Gasteiger partial charge in [0, 0.05) is 18.7 Å².